The van der Waals surface area contributed by atoms with E-state index >= 15 is 0 Å². The highest BCUT2D eigenvalue weighted by atomic mass is 32.2. The molecule has 2 aromatic rings. The van der Waals surface area contributed by atoms with Gasteiger partial charge in [0.05, 0.1) is 6.42 Å². The minimum Gasteiger partial charge on any atom is -0.477 e. The van der Waals surface area contributed by atoms with Crippen molar-refractivity contribution < 1.29 is 19.5 Å². The number of amides is 2. The van der Waals surface area contributed by atoms with Crippen LogP contribution in [0.3, 0.4) is 0 Å². The van der Waals surface area contributed by atoms with Gasteiger partial charge in [0.2, 0.25) is 5.91 Å². The SMILES string of the molecule is Cn1nc(SCC2=C(C(=O)O)N3C(=O)[C@@H](NC(=O)Cc4cccs4)[C@H]3SC2)ccc1=O. The van der Waals surface area contributed by atoms with Gasteiger partial charge in [-0.3, -0.25) is 19.3 Å². The Kier molecular flexibility index (Phi) is 6.21. The summed E-state index contributed by atoms with van der Waals surface area (Å²) < 4.78 is 1.21. The van der Waals surface area contributed by atoms with E-state index in [4.69, 9.17) is 0 Å². The van der Waals surface area contributed by atoms with Crippen molar-refractivity contribution in [2.75, 3.05) is 11.5 Å². The van der Waals surface area contributed by atoms with Gasteiger partial charge in [-0.2, -0.15) is 5.10 Å². The van der Waals surface area contributed by atoms with E-state index in [1.54, 1.807) is 13.1 Å². The van der Waals surface area contributed by atoms with Crippen molar-refractivity contribution in [3.63, 3.8) is 0 Å². The molecule has 31 heavy (non-hydrogen) atoms. The number of aliphatic carboxylic acids is 1. The lowest BCUT2D eigenvalue weighted by Gasteiger charge is -2.49. The van der Waals surface area contributed by atoms with Gasteiger partial charge < -0.3 is 10.4 Å². The molecule has 2 amide bonds. The molecule has 4 heterocycles. The molecule has 2 aromatic heterocycles. The van der Waals surface area contributed by atoms with Crippen LogP contribution >= 0.6 is 34.9 Å². The standard InChI is InChI=1S/C19H18N4O5S3/c1-22-14(25)5-4-13(21-22)30-8-10-9-31-18-15(17(26)23(18)16(10)19(27)28)20-12(24)7-11-3-2-6-29-11/h2-6,15,18H,7-9H2,1H3,(H,20,24)(H,27,28)/t15-,18-/m1/s1. The van der Waals surface area contributed by atoms with E-state index in [2.05, 4.69) is 10.4 Å². The number of carboxylic acid groups (broad SMARTS) is 1. The van der Waals surface area contributed by atoms with Gasteiger partial charge in [0.15, 0.2) is 0 Å². The summed E-state index contributed by atoms with van der Waals surface area (Å²) >= 11 is 4.19. The molecule has 4 rings (SSSR count). The highest BCUT2D eigenvalue weighted by Gasteiger charge is 2.54. The summed E-state index contributed by atoms with van der Waals surface area (Å²) in [7, 11) is 1.54. The largest absolute Gasteiger partial charge is 0.477 e. The van der Waals surface area contributed by atoms with Crippen molar-refractivity contribution in [3.05, 3.63) is 56.1 Å². The number of hydrogen-bond acceptors (Lipinski definition) is 8. The number of aryl methyl sites for hydroxylation is 1. The first kappa shape index (κ1) is 21.7. The average Bonchev–Trinajstić information content (AvgIpc) is 3.24. The number of nitrogens with one attached hydrogen (secondary N) is 1. The fraction of sp³-hybridized carbons (Fsp3) is 0.316. The first-order chi connectivity index (χ1) is 14.8. The van der Waals surface area contributed by atoms with Crippen LogP contribution in [0, 0.1) is 0 Å². The number of β-lactam (4-membered cyclic amide) rings is 1. The van der Waals surface area contributed by atoms with Crippen molar-refractivity contribution in [3.8, 4) is 0 Å². The first-order valence-electron chi connectivity index (χ1n) is 9.24. The van der Waals surface area contributed by atoms with Gasteiger partial charge in [-0.1, -0.05) is 6.07 Å². The normalized spacial score (nSPS) is 20.3. The number of aromatic nitrogens is 2. The number of fused-ring (bicyclic) bond motifs is 1. The van der Waals surface area contributed by atoms with Crippen LogP contribution in [0.25, 0.3) is 0 Å². The average molecular weight is 479 g/mol. The van der Waals surface area contributed by atoms with Gasteiger partial charge in [-0.25, -0.2) is 9.48 Å². The van der Waals surface area contributed by atoms with Crippen LogP contribution in [-0.2, 0) is 27.9 Å². The first-order valence-corrected chi connectivity index (χ1v) is 12.2. The molecule has 12 heteroatoms. The van der Waals surface area contributed by atoms with Crippen molar-refractivity contribution in [2.24, 2.45) is 7.05 Å². The predicted octanol–water partition coefficient (Wildman–Crippen LogP) is 0.915. The van der Waals surface area contributed by atoms with Crippen molar-refractivity contribution >= 4 is 52.6 Å². The highest BCUT2D eigenvalue weighted by molar-refractivity contribution is 8.01. The quantitative estimate of drug-likeness (QED) is 0.445. The maximum absolute atomic E-state index is 12.7. The number of carboxylic acids is 1. The number of nitrogens with zero attached hydrogens (tertiary/aromatic N) is 3. The van der Waals surface area contributed by atoms with Crippen LogP contribution in [0.1, 0.15) is 4.88 Å². The molecule has 0 bridgehead atoms. The van der Waals surface area contributed by atoms with Crippen LogP contribution in [0.2, 0.25) is 0 Å². The third-order valence-corrected chi connectivity index (χ3v) is 8.03. The Bertz CT molecular complexity index is 1130. The molecular formula is C19H18N4O5S3. The van der Waals surface area contributed by atoms with E-state index in [1.165, 1.54) is 50.5 Å². The van der Waals surface area contributed by atoms with Crippen molar-refractivity contribution in [1.82, 2.24) is 20.0 Å². The fourth-order valence-corrected chi connectivity index (χ4v) is 6.39. The van der Waals surface area contributed by atoms with Crippen molar-refractivity contribution in [2.45, 2.75) is 22.9 Å². The molecule has 1 saturated heterocycles. The van der Waals surface area contributed by atoms with Gasteiger partial charge in [0.1, 0.15) is 22.1 Å². The number of carbonyl (C=O) groups excluding carboxylic acids is 2. The van der Waals surface area contributed by atoms with E-state index in [0.717, 1.165) is 4.88 Å². The van der Waals surface area contributed by atoms with Crippen molar-refractivity contribution in [1.29, 1.82) is 0 Å². The van der Waals surface area contributed by atoms with E-state index in [9.17, 15) is 24.3 Å². The third kappa shape index (κ3) is 4.41. The number of hydrogen-bond donors (Lipinski definition) is 2. The third-order valence-electron chi connectivity index (χ3n) is 4.81. The van der Waals surface area contributed by atoms with E-state index < -0.39 is 23.3 Å². The Hall–Kier alpha value is -2.57. The van der Waals surface area contributed by atoms with Crippen LogP contribution in [0.4, 0.5) is 0 Å². The van der Waals surface area contributed by atoms with Crippen LogP contribution < -0.4 is 10.9 Å². The van der Waals surface area contributed by atoms with Gasteiger partial charge in [-0.15, -0.1) is 34.9 Å². The summed E-state index contributed by atoms with van der Waals surface area (Å²) in [5.41, 5.74) is 0.338. The smallest absolute Gasteiger partial charge is 0.352 e. The molecule has 0 unspecified atom stereocenters. The summed E-state index contributed by atoms with van der Waals surface area (Å²) in [6, 6.07) is 5.96. The zero-order valence-electron chi connectivity index (χ0n) is 16.3. The van der Waals surface area contributed by atoms with E-state index in [0.29, 0.717) is 22.1 Å². The molecule has 2 aliphatic heterocycles. The lowest BCUT2D eigenvalue weighted by molar-refractivity contribution is -0.150. The molecule has 2 atom stereocenters. The molecule has 0 radical (unpaired) electrons. The molecule has 0 spiro atoms. The Morgan fingerprint density at radius 3 is 2.81 bits per heavy atom. The summed E-state index contributed by atoms with van der Waals surface area (Å²) in [5.74, 6) is -1.11. The molecule has 0 aromatic carbocycles. The Balaban J connectivity index is 1.45. The molecule has 162 valence electrons. The Labute approximate surface area is 189 Å². The van der Waals surface area contributed by atoms with E-state index in [-0.39, 0.29) is 23.6 Å². The maximum Gasteiger partial charge on any atom is 0.352 e. The Morgan fingerprint density at radius 1 is 1.32 bits per heavy atom. The van der Waals surface area contributed by atoms with Gasteiger partial charge in [-0.05, 0) is 23.1 Å². The summed E-state index contributed by atoms with van der Waals surface area (Å²) in [5, 5.41) is 18.6. The molecular weight excluding hydrogens is 460 g/mol. The van der Waals surface area contributed by atoms with Gasteiger partial charge in [0.25, 0.3) is 11.5 Å². The van der Waals surface area contributed by atoms with Crippen LogP contribution in [-0.4, -0.2) is 60.5 Å². The Morgan fingerprint density at radius 2 is 2.13 bits per heavy atom. The maximum atomic E-state index is 12.7. The number of thioether (sulfide) groups is 2. The van der Waals surface area contributed by atoms with Gasteiger partial charge in [0, 0.05) is 29.5 Å². The second-order valence-corrected chi connectivity index (χ2v) is 10.0. The zero-order chi connectivity index (χ0) is 22.1. The fourth-order valence-electron chi connectivity index (χ4n) is 3.31. The zero-order valence-corrected chi connectivity index (χ0v) is 18.8. The predicted molar refractivity (Wildman–Crippen MR) is 118 cm³/mol. The van der Waals surface area contributed by atoms with E-state index in [1.807, 2.05) is 17.5 Å². The summed E-state index contributed by atoms with van der Waals surface area (Å²) in [6.45, 7) is 0. The number of carbonyl (C=O) groups is 3. The second kappa shape index (κ2) is 8.89. The minimum absolute atomic E-state index is 0.0326. The monoisotopic (exact) mass is 478 g/mol. The summed E-state index contributed by atoms with van der Waals surface area (Å²) in [4.78, 5) is 50.5. The molecule has 0 saturated carbocycles. The topological polar surface area (TPSA) is 122 Å². The molecule has 1 fully saturated rings. The van der Waals surface area contributed by atoms with Gasteiger partial charge >= 0.3 is 5.97 Å². The second-order valence-electron chi connectivity index (χ2n) is 6.89. The highest BCUT2D eigenvalue weighted by Crippen LogP contribution is 2.41. The van der Waals surface area contributed by atoms with Crippen LogP contribution in [0.5, 0.6) is 0 Å². The minimum atomic E-state index is -1.17. The lowest BCUT2D eigenvalue weighted by Crippen LogP contribution is -2.70. The lowest BCUT2D eigenvalue weighted by atomic mass is 10.0. The summed E-state index contributed by atoms with van der Waals surface area (Å²) in [6.07, 6.45) is 0.189. The number of rotatable bonds is 7. The van der Waals surface area contributed by atoms with Crippen LogP contribution in [0.15, 0.2) is 50.7 Å². The molecule has 2 aliphatic rings. The number of thiophene rings is 1. The molecule has 0 aliphatic carbocycles. The molecule has 9 nitrogen and oxygen atoms in total. The molecule has 2 N–H and O–H groups in total.